The van der Waals surface area contributed by atoms with E-state index in [4.69, 9.17) is 0 Å². The van der Waals surface area contributed by atoms with Gasteiger partial charge in [-0.05, 0) is 24.3 Å². The van der Waals surface area contributed by atoms with Crippen molar-refractivity contribution in [3.8, 4) is 33.9 Å². The zero-order chi connectivity index (χ0) is 23.7. The molecule has 0 aliphatic rings. The molecule has 0 spiro atoms. The Kier molecular flexibility index (Phi) is 5.98. The van der Waals surface area contributed by atoms with Crippen LogP contribution in [0.2, 0.25) is 0 Å². The molecule has 0 unspecified atom stereocenters. The van der Waals surface area contributed by atoms with Crippen molar-refractivity contribution in [2.45, 2.75) is 18.9 Å². The van der Waals surface area contributed by atoms with Crippen molar-refractivity contribution in [3.05, 3.63) is 66.4 Å². The lowest BCUT2D eigenvalue weighted by Gasteiger charge is -2.19. The van der Waals surface area contributed by atoms with Crippen LogP contribution in [0, 0.1) is 0 Å². The molecule has 3 aromatic rings. The van der Waals surface area contributed by atoms with E-state index in [0.29, 0.717) is 12.3 Å². The van der Waals surface area contributed by atoms with Gasteiger partial charge in [0.15, 0.2) is 0 Å². The standard InChI is InChI=1S/C20H10F9NO2/c21-18(22,23)11-9-14(12-5-1-3-7-15(12)31-19(24,25)26)17(30-10-11)13-6-2-4-8-16(13)32-20(27,28)29/h1-10H. The van der Waals surface area contributed by atoms with Gasteiger partial charge in [0.1, 0.15) is 11.5 Å². The van der Waals surface area contributed by atoms with Gasteiger partial charge in [-0.2, -0.15) is 13.2 Å². The van der Waals surface area contributed by atoms with Crippen LogP contribution in [-0.4, -0.2) is 17.7 Å². The normalized spacial score (nSPS) is 12.5. The van der Waals surface area contributed by atoms with E-state index < -0.39 is 58.3 Å². The van der Waals surface area contributed by atoms with Crippen molar-refractivity contribution in [1.82, 2.24) is 4.98 Å². The predicted octanol–water partition coefficient (Wildman–Crippen LogP) is 7.23. The molecule has 3 nitrogen and oxygen atoms in total. The Morgan fingerprint density at radius 2 is 1.06 bits per heavy atom. The molecule has 0 saturated carbocycles. The summed E-state index contributed by atoms with van der Waals surface area (Å²) in [4.78, 5) is 3.62. The van der Waals surface area contributed by atoms with Gasteiger partial charge in [-0.25, -0.2) is 0 Å². The molecule has 0 fully saturated rings. The summed E-state index contributed by atoms with van der Waals surface area (Å²) in [7, 11) is 0. The smallest absolute Gasteiger partial charge is 0.405 e. The molecule has 12 heteroatoms. The molecule has 32 heavy (non-hydrogen) atoms. The van der Waals surface area contributed by atoms with Crippen LogP contribution in [-0.2, 0) is 6.18 Å². The number of para-hydroxylation sites is 2. The highest BCUT2D eigenvalue weighted by atomic mass is 19.4. The van der Waals surface area contributed by atoms with Gasteiger partial charge in [0.2, 0.25) is 0 Å². The van der Waals surface area contributed by atoms with E-state index in [2.05, 4.69) is 14.5 Å². The largest absolute Gasteiger partial charge is 0.573 e. The molecule has 1 heterocycles. The van der Waals surface area contributed by atoms with Crippen LogP contribution < -0.4 is 9.47 Å². The monoisotopic (exact) mass is 467 g/mol. The SMILES string of the molecule is FC(F)(F)Oc1ccccc1-c1cc(C(F)(F)F)cnc1-c1ccccc1OC(F)(F)F. The summed E-state index contributed by atoms with van der Waals surface area (Å²) < 4.78 is 124. The summed E-state index contributed by atoms with van der Waals surface area (Å²) in [5, 5.41) is 0. The Labute approximate surface area is 174 Å². The number of ether oxygens (including phenoxy) is 2. The second kappa shape index (κ2) is 8.24. The summed E-state index contributed by atoms with van der Waals surface area (Å²) in [5.74, 6) is -1.67. The number of hydrogen-bond donors (Lipinski definition) is 0. The van der Waals surface area contributed by atoms with Gasteiger partial charge >= 0.3 is 18.9 Å². The van der Waals surface area contributed by atoms with Crippen molar-refractivity contribution in [1.29, 1.82) is 0 Å². The Morgan fingerprint density at radius 1 is 0.594 bits per heavy atom. The lowest BCUT2D eigenvalue weighted by molar-refractivity contribution is -0.275. The molecule has 2 aromatic carbocycles. The molecule has 0 aliphatic heterocycles. The van der Waals surface area contributed by atoms with Gasteiger partial charge in [-0.15, -0.1) is 26.3 Å². The fraction of sp³-hybridized carbons (Fsp3) is 0.150. The number of rotatable bonds is 4. The average molecular weight is 467 g/mol. The molecule has 0 aliphatic carbocycles. The maximum atomic E-state index is 13.3. The minimum atomic E-state index is -5.18. The van der Waals surface area contributed by atoms with Crippen molar-refractivity contribution in [3.63, 3.8) is 0 Å². The summed E-state index contributed by atoms with van der Waals surface area (Å²) in [5.41, 5.74) is -3.21. The maximum absolute atomic E-state index is 13.3. The van der Waals surface area contributed by atoms with E-state index in [0.717, 1.165) is 30.3 Å². The lowest BCUT2D eigenvalue weighted by atomic mass is 9.96. The summed E-state index contributed by atoms with van der Waals surface area (Å²) >= 11 is 0. The highest BCUT2D eigenvalue weighted by molar-refractivity contribution is 5.86. The summed E-state index contributed by atoms with van der Waals surface area (Å²) in [6.45, 7) is 0. The third-order valence-electron chi connectivity index (χ3n) is 3.99. The van der Waals surface area contributed by atoms with Crippen LogP contribution in [0.1, 0.15) is 5.56 Å². The van der Waals surface area contributed by atoms with Crippen LogP contribution in [0.5, 0.6) is 11.5 Å². The van der Waals surface area contributed by atoms with Crippen molar-refractivity contribution < 1.29 is 49.0 Å². The lowest BCUT2D eigenvalue weighted by Crippen LogP contribution is -2.18. The first kappa shape index (κ1) is 23.2. The van der Waals surface area contributed by atoms with Crippen molar-refractivity contribution in [2.24, 2.45) is 0 Å². The summed E-state index contributed by atoms with van der Waals surface area (Å²) in [6.07, 6.45) is -14.9. The van der Waals surface area contributed by atoms with Gasteiger partial charge in [-0.3, -0.25) is 4.98 Å². The third kappa shape index (κ3) is 5.62. The number of alkyl halides is 9. The second-order valence-corrected chi connectivity index (χ2v) is 6.21. The summed E-state index contributed by atoms with van der Waals surface area (Å²) in [6, 6.07) is 9.13. The molecule has 0 bridgehead atoms. The molecule has 0 amide bonds. The Morgan fingerprint density at radius 3 is 1.56 bits per heavy atom. The highest BCUT2D eigenvalue weighted by Gasteiger charge is 2.36. The van der Waals surface area contributed by atoms with E-state index in [-0.39, 0.29) is 0 Å². The van der Waals surface area contributed by atoms with E-state index in [1.54, 1.807) is 0 Å². The van der Waals surface area contributed by atoms with Gasteiger partial charge in [0.25, 0.3) is 0 Å². The molecule has 0 radical (unpaired) electrons. The van der Waals surface area contributed by atoms with Gasteiger partial charge in [0.05, 0.1) is 11.3 Å². The fourth-order valence-electron chi connectivity index (χ4n) is 2.82. The Hall–Kier alpha value is -3.44. The number of aromatic nitrogens is 1. The van der Waals surface area contributed by atoms with Crippen LogP contribution >= 0.6 is 0 Å². The van der Waals surface area contributed by atoms with E-state index in [1.165, 1.54) is 18.2 Å². The van der Waals surface area contributed by atoms with Crippen molar-refractivity contribution >= 4 is 0 Å². The predicted molar refractivity (Wildman–Crippen MR) is 93.5 cm³/mol. The molecule has 170 valence electrons. The number of nitrogens with zero attached hydrogens (tertiary/aromatic N) is 1. The van der Waals surface area contributed by atoms with E-state index >= 15 is 0 Å². The van der Waals surface area contributed by atoms with Crippen LogP contribution in [0.4, 0.5) is 39.5 Å². The second-order valence-electron chi connectivity index (χ2n) is 6.21. The van der Waals surface area contributed by atoms with E-state index in [9.17, 15) is 39.5 Å². The first-order valence-corrected chi connectivity index (χ1v) is 8.52. The number of halogens is 9. The number of hydrogen-bond acceptors (Lipinski definition) is 3. The zero-order valence-corrected chi connectivity index (χ0v) is 15.4. The Bertz CT molecular complexity index is 1110. The topological polar surface area (TPSA) is 31.4 Å². The number of pyridine rings is 1. The minimum Gasteiger partial charge on any atom is -0.405 e. The van der Waals surface area contributed by atoms with Crippen LogP contribution in [0.3, 0.4) is 0 Å². The molecular formula is C20H10F9NO2. The van der Waals surface area contributed by atoms with Crippen LogP contribution in [0.15, 0.2) is 60.8 Å². The van der Waals surface area contributed by atoms with Gasteiger partial charge < -0.3 is 9.47 Å². The first-order valence-electron chi connectivity index (χ1n) is 8.52. The third-order valence-corrected chi connectivity index (χ3v) is 3.99. The highest BCUT2D eigenvalue weighted by Crippen LogP contribution is 2.43. The zero-order valence-electron chi connectivity index (χ0n) is 15.4. The molecular weight excluding hydrogens is 457 g/mol. The minimum absolute atomic E-state index is 0.358. The molecule has 3 rings (SSSR count). The average Bonchev–Trinajstić information content (AvgIpc) is 2.65. The fourth-order valence-corrected chi connectivity index (χ4v) is 2.82. The van der Waals surface area contributed by atoms with Crippen LogP contribution in [0.25, 0.3) is 22.4 Å². The molecule has 1 aromatic heterocycles. The Balaban J connectivity index is 2.29. The van der Waals surface area contributed by atoms with Gasteiger partial charge in [-0.1, -0.05) is 30.3 Å². The molecule has 0 saturated heterocycles. The van der Waals surface area contributed by atoms with Gasteiger partial charge in [0, 0.05) is 22.9 Å². The maximum Gasteiger partial charge on any atom is 0.573 e. The first-order chi connectivity index (χ1) is 14.7. The molecule has 0 atom stereocenters. The quantitative estimate of drug-likeness (QED) is 0.380. The molecule has 0 N–H and O–H groups in total. The van der Waals surface area contributed by atoms with E-state index in [1.807, 2.05) is 0 Å². The van der Waals surface area contributed by atoms with Crippen molar-refractivity contribution in [2.75, 3.05) is 0 Å². The number of benzene rings is 2.